The number of hydrogen-bond acceptors (Lipinski definition) is 7. The lowest BCUT2D eigenvalue weighted by atomic mass is 10.2. The van der Waals surface area contributed by atoms with Gasteiger partial charge in [-0.2, -0.15) is 18.3 Å². The average molecular weight is 486 g/mol. The van der Waals surface area contributed by atoms with Crippen LogP contribution in [0.15, 0.2) is 30.7 Å². The van der Waals surface area contributed by atoms with Gasteiger partial charge in [0.2, 0.25) is 15.9 Å². The Labute approximate surface area is 187 Å². The number of aromatic nitrogens is 4. The van der Waals surface area contributed by atoms with Crippen LogP contribution in [0.5, 0.6) is 5.88 Å². The molecule has 0 aliphatic rings. The third-order valence-corrected chi connectivity index (χ3v) is 5.00. The highest BCUT2D eigenvalue weighted by Gasteiger charge is 2.29. The minimum atomic E-state index is -4.45. The van der Waals surface area contributed by atoms with E-state index < -0.39 is 28.7 Å². The van der Waals surface area contributed by atoms with Crippen LogP contribution in [-0.2, 0) is 16.6 Å². The molecule has 0 fully saturated rings. The molecule has 3 aromatic heterocycles. The summed E-state index contributed by atoms with van der Waals surface area (Å²) in [7, 11) is -3.36. The molecule has 14 heteroatoms. The Balaban J connectivity index is 1.70. The van der Waals surface area contributed by atoms with Gasteiger partial charge in [0.25, 0.3) is 5.91 Å². The van der Waals surface area contributed by atoms with Gasteiger partial charge in [0.15, 0.2) is 6.61 Å². The van der Waals surface area contributed by atoms with Crippen molar-refractivity contribution in [3.63, 3.8) is 0 Å². The summed E-state index contributed by atoms with van der Waals surface area (Å²) < 4.78 is 67.7. The Morgan fingerprint density at radius 3 is 2.67 bits per heavy atom. The number of hydrogen-bond donors (Lipinski definition) is 2. The zero-order valence-electron chi connectivity index (χ0n) is 17.7. The molecule has 10 nitrogen and oxygen atoms in total. The van der Waals surface area contributed by atoms with Gasteiger partial charge in [-0.05, 0) is 24.6 Å². The first-order chi connectivity index (χ1) is 15.4. The molecule has 33 heavy (non-hydrogen) atoms. The lowest BCUT2D eigenvalue weighted by Crippen LogP contribution is -2.34. The Hall–Kier alpha value is -3.26. The molecule has 3 heterocycles. The van der Waals surface area contributed by atoms with E-state index in [1.807, 2.05) is 0 Å². The van der Waals surface area contributed by atoms with Crippen molar-refractivity contribution in [2.24, 2.45) is 0 Å². The molecule has 0 atom stereocenters. The van der Waals surface area contributed by atoms with Crippen LogP contribution >= 0.6 is 0 Å². The summed E-state index contributed by atoms with van der Waals surface area (Å²) in [4.78, 5) is 20.5. The summed E-state index contributed by atoms with van der Waals surface area (Å²) in [5, 5.41) is 7.47. The molecule has 0 aliphatic heterocycles. The maximum atomic E-state index is 12.5. The summed E-state index contributed by atoms with van der Waals surface area (Å²) >= 11 is 0. The van der Waals surface area contributed by atoms with E-state index in [1.165, 1.54) is 12.4 Å². The second-order valence-corrected chi connectivity index (χ2v) is 9.04. The van der Waals surface area contributed by atoms with E-state index >= 15 is 0 Å². The number of aryl methyl sites for hydroxylation is 1. The van der Waals surface area contributed by atoms with Crippen LogP contribution in [0, 0.1) is 6.92 Å². The van der Waals surface area contributed by atoms with E-state index in [0.717, 1.165) is 6.26 Å². The number of alkyl halides is 3. The SMILES string of the molecule is Cc1cc(Cn2cc3c(C(=O)NCCNS(C)(=O)=O)nccc3n2)cnc1OCC(F)(F)F. The van der Waals surface area contributed by atoms with Gasteiger partial charge < -0.3 is 10.1 Å². The number of pyridine rings is 2. The fourth-order valence-corrected chi connectivity index (χ4v) is 3.42. The smallest absolute Gasteiger partial charge is 0.422 e. The van der Waals surface area contributed by atoms with Gasteiger partial charge in [-0.25, -0.2) is 18.1 Å². The zero-order valence-corrected chi connectivity index (χ0v) is 18.5. The molecule has 0 radical (unpaired) electrons. The molecule has 3 aromatic rings. The molecule has 0 bridgehead atoms. The summed E-state index contributed by atoms with van der Waals surface area (Å²) in [6.45, 7) is 0.530. The van der Waals surface area contributed by atoms with Gasteiger partial charge in [0.1, 0.15) is 5.69 Å². The summed E-state index contributed by atoms with van der Waals surface area (Å²) in [5.74, 6) is -0.589. The van der Waals surface area contributed by atoms with Gasteiger partial charge in [-0.15, -0.1) is 0 Å². The minimum absolute atomic E-state index is 0.0366. The first kappa shape index (κ1) is 24.4. The Morgan fingerprint density at radius 2 is 2.00 bits per heavy atom. The lowest BCUT2D eigenvalue weighted by molar-refractivity contribution is -0.154. The molecule has 3 rings (SSSR count). The number of carbonyl (C=O) groups is 1. The molecule has 178 valence electrons. The van der Waals surface area contributed by atoms with Crippen LogP contribution in [0.1, 0.15) is 21.6 Å². The predicted molar refractivity (Wildman–Crippen MR) is 112 cm³/mol. The van der Waals surface area contributed by atoms with Gasteiger partial charge in [0, 0.05) is 37.2 Å². The highest BCUT2D eigenvalue weighted by atomic mass is 32.2. The largest absolute Gasteiger partial charge is 0.468 e. The number of sulfonamides is 1. The molecule has 2 N–H and O–H groups in total. The van der Waals surface area contributed by atoms with Crippen molar-refractivity contribution in [2.45, 2.75) is 19.6 Å². The van der Waals surface area contributed by atoms with E-state index in [9.17, 15) is 26.4 Å². The van der Waals surface area contributed by atoms with E-state index in [0.29, 0.717) is 22.0 Å². The molecular weight excluding hydrogens is 465 g/mol. The molecular formula is C19H21F3N6O4S. The highest BCUT2D eigenvalue weighted by molar-refractivity contribution is 7.88. The van der Waals surface area contributed by atoms with Crippen molar-refractivity contribution in [2.75, 3.05) is 26.0 Å². The molecule has 0 spiro atoms. The highest BCUT2D eigenvalue weighted by Crippen LogP contribution is 2.21. The minimum Gasteiger partial charge on any atom is -0.468 e. The van der Waals surface area contributed by atoms with Gasteiger partial charge in [0.05, 0.1) is 23.7 Å². The first-order valence-electron chi connectivity index (χ1n) is 9.61. The molecule has 0 saturated carbocycles. The standard InChI is InChI=1S/C19H21F3N6O4S/c1-12-7-13(8-25-18(12)32-11-19(20,21)22)9-28-10-14-15(27-28)3-4-23-16(14)17(29)24-5-6-26-33(2,30)31/h3-4,7-8,10,26H,5-6,9,11H2,1-2H3,(H,24,29). The van der Waals surface area contributed by atoms with Crippen molar-refractivity contribution in [3.8, 4) is 5.88 Å². The third-order valence-electron chi connectivity index (χ3n) is 4.28. The summed E-state index contributed by atoms with van der Waals surface area (Å²) in [5.41, 5.74) is 1.76. The van der Waals surface area contributed by atoms with Crippen molar-refractivity contribution < 1.29 is 31.1 Å². The van der Waals surface area contributed by atoms with Crippen LogP contribution in [0.3, 0.4) is 0 Å². The lowest BCUT2D eigenvalue weighted by Gasteiger charge is -2.11. The number of carbonyl (C=O) groups excluding carboxylic acids is 1. The number of amides is 1. The van der Waals surface area contributed by atoms with Crippen molar-refractivity contribution in [1.29, 1.82) is 0 Å². The maximum absolute atomic E-state index is 12.5. The summed E-state index contributed by atoms with van der Waals surface area (Å²) in [6.07, 6.45) is 1.01. The topological polar surface area (TPSA) is 128 Å². The van der Waals surface area contributed by atoms with Gasteiger partial charge in [-0.3, -0.25) is 14.5 Å². The second kappa shape index (κ2) is 9.70. The van der Waals surface area contributed by atoms with Crippen molar-refractivity contribution in [1.82, 2.24) is 29.8 Å². The number of rotatable bonds is 9. The zero-order chi connectivity index (χ0) is 24.2. The first-order valence-corrected chi connectivity index (χ1v) is 11.5. The number of fused-ring (bicyclic) bond motifs is 1. The number of nitrogens with zero attached hydrogens (tertiary/aromatic N) is 4. The van der Waals surface area contributed by atoms with E-state index in [4.69, 9.17) is 4.74 Å². The van der Waals surface area contributed by atoms with Gasteiger partial charge >= 0.3 is 6.18 Å². The van der Waals surface area contributed by atoms with E-state index in [2.05, 4.69) is 25.1 Å². The predicted octanol–water partition coefficient (Wildman–Crippen LogP) is 1.40. The average Bonchev–Trinajstić information content (AvgIpc) is 3.11. The molecule has 1 amide bonds. The van der Waals surface area contributed by atoms with E-state index in [1.54, 1.807) is 29.9 Å². The number of nitrogens with one attached hydrogen (secondary N) is 2. The van der Waals surface area contributed by atoms with Crippen molar-refractivity contribution >= 4 is 26.8 Å². The Morgan fingerprint density at radius 1 is 1.24 bits per heavy atom. The monoisotopic (exact) mass is 486 g/mol. The molecule has 0 unspecified atom stereocenters. The second-order valence-electron chi connectivity index (χ2n) is 7.21. The molecule has 0 aliphatic carbocycles. The molecule has 0 saturated heterocycles. The fraction of sp³-hybridized carbons (Fsp3) is 0.368. The normalized spacial score (nSPS) is 12.2. The van der Waals surface area contributed by atoms with Crippen LogP contribution < -0.4 is 14.8 Å². The third kappa shape index (κ3) is 7.12. The van der Waals surface area contributed by atoms with Crippen molar-refractivity contribution in [3.05, 3.63) is 47.5 Å². The Bertz CT molecular complexity index is 1260. The van der Waals surface area contributed by atoms with Crippen LogP contribution in [-0.4, -0.2) is 66.2 Å². The Kier molecular flexibility index (Phi) is 7.17. The van der Waals surface area contributed by atoms with E-state index in [-0.39, 0.29) is 31.2 Å². The quantitative estimate of drug-likeness (QED) is 0.438. The summed E-state index contributed by atoms with van der Waals surface area (Å²) in [6, 6.07) is 3.27. The van der Waals surface area contributed by atoms with Crippen LogP contribution in [0.2, 0.25) is 0 Å². The van der Waals surface area contributed by atoms with Crippen LogP contribution in [0.25, 0.3) is 10.9 Å². The number of ether oxygens (including phenoxy) is 1. The van der Waals surface area contributed by atoms with Gasteiger partial charge in [-0.1, -0.05) is 0 Å². The molecule has 0 aromatic carbocycles. The maximum Gasteiger partial charge on any atom is 0.422 e. The van der Waals surface area contributed by atoms with Crippen LogP contribution in [0.4, 0.5) is 13.2 Å². The number of halogens is 3. The fourth-order valence-electron chi connectivity index (χ4n) is 2.95.